The predicted octanol–water partition coefficient (Wildman–Crippen LogP) is 10.9. The van der Waals surface area contributed by atoms with Gasteiger partial charge in [0.2, 0.25) is 0 Å². The highest BCUT2D eigenvalue weighted by Gasteiger charge is 2.27. The number of aliphatic hydroxyl groups is 3. The Kier molecular flexibility index (Phi) is 38.8. The molecule has 0 aromatic carbocycles. The molecule has 0 saturated carbocycles. The molecule has 338 valence electrons. The van der Waals surface area contributed by atoms with Gasteiger partial charge in [0.25, 0.3) is 0 Å². The Morgan fingerprint density at radius 2 is 1.16 bits per heavy atom. The molecule has 12 heteroatoms. The average Bonchev–Trinajstić information content (AvgIpc) is 3.19. The van der Waals surface area contributed by atoms with E-state index in [0.717, 1.165) is 63.7 Å². The number of unbranched alkanes of at least 4 members (excludes halogenated alkanes) is 16. The van der Waals surface area contributed by atoms with Gasteiger partial charge in [0.05, 0.1) is 25.9 Å². The van der Waals surface area contributed by atoms with E-state index in [1.165, 1.54) is 70.6 Å². The zero-order valence-corrected chi connectivity index (χ0v) is 37.4. The Morgan fingerprint density at radius 1 is 0.621 bits per heavy atom. The maximum atomic E-state index is 12.6. The molecule has 1 unspecified atom stereocenters. The van der Waals surface area contributed by atoms with Gasteiger partial charge in [-0.25, -0.2) is 4.57 Å². The number of phosphoric acid groups is 1. The maximum Gasteiger partial charge on any atom is 0.472 e. The van der Waals surface area contributed by atoms with Gasteiger partial charge in [0, 0.05) is 12.8 Å². The van der Waals surface area contributed by atoms with Gasteiger partial charge in [-0.1, -0.05) is 179 Å². The van der Waals surface area contributed by atoms with Crippen molar-refractivity contribution in [3.8, 4) is 0 Å². The number of rotatable bonds is 41. The van der Waals surface area contributed by atoms with Crippen molar-refractivity contribution in [1.82, 2.24) is 0 Å². The molecular weight excluding hydrogens is 759 g/mol. The lowest BCUT2D eigenvalue weighted by Gasteiger charge is -2.20. The number of aliphatic hydroxyl groups excluding tert-OH is 3. The van der Waals surface area contributed by atoms with Crippen LogP contribution >= 0.6 is 7.82 Å². The van der Waals surface area contributed by atoms with Crippen LogP contribution in [0.3, 0.4) is 0 Å². The van der Waals surface area contributed by atoms with Crippen molar-refractivity contribution in [2.45, 2.75) is 200 Å². The maximum absolute atomic E-state index is 12.6. The Balaban J connectivity index is 4.39. The first-order valence-electron chi connectivity index (χ1n) is 22.6. The number of carbonyl (C=O) groups is 2. The van der Waals surface area contributed by atoms with E-state index in [-0.39, 0.29) is 25.6 Å². The molecule has 0 aromatic heterocycles. The van der Waals surface area contributed by atoms with Crippen LogP contribution in [0.15, 0.2) is 48.6 Å². The summed E-state index contributed by atoms with van der Waals surface area (Å²) in [5.74, 6) is -0.199. The van der Waals surface area contributed by atoms with Gasteiger partial charge >= 0.3 is 19.8 Å². The summed E-state index contributed by atoms with van der Waals surface area (Å²) < 4.78 is 32.7. The van der Waals surface area contributed by atoms with Crippen molar-refractivity contribution in [2.75, 3.05) is 26.4 Å². The number of carbonyl (C=O) groups excluding carboxylic acids is 2. The van der Waals surface area contributed by atoms with Gasteiger partial charge in [-0.3, -0.25) is 18.6 Å². The number of allylic oxidation sites excluding steroid dienone is 7. The second kappa shape index (κ2) is 40.3. The summed E-state index contributed by atoms with van der Waals surface area (Å²) in [6.45, 7) is 4.52. The molecule has 0 aliphatic heterocycles. The van der Waals surface area contributed by atoms with Gasteiger partial charge in [0.1, 0.15) is 12.7 Å². The third-order valence-corrected chi connectivity index (χ3v) is 10.5. The number of hydrogen-bond acceptors (Lipinski definition) is 10. The quantitative estimate of drug-likeness (QED) is 0.0152. The van der Waals surface area contributed by atoms with Gasteiger partial charge in [0.15, 0.2) is 6.10 Å². The lowest BCUT2D eigenvalue weighted by atomic mass is 10.0. The minimum absolute atomic E-state index is 0.145. The molecule has 0 saturated heterocycles. The first-order chi connectivity index (χ1) is 28.0. The molecule has 0 heterocycles. The topological polar surface area (TPSA) is 169 Å². The van der Waals surface area contributed by atoms with Crippen LogP contribution in [0.4, 0.5) is 0 Å². The van der Waals surface area contributed by atoms with Crippen molar-refractivity contribution in [3.05, 3.63) is 48.6 Å². The van der Waals surface area contributed by atoms with E-state index < -0.39 is 51.8 Å². The standard InChI is InChI=1S/C46H83O11P/c1-4-5-27-33-42(48)34-29-24-20-16-12-10-14-17-21-25-30-35-45(50)54-39-44(40-56-58(52,53)55-38-43(49)37-47)57-46(51)36-31-26-22-18-13-9-7-6-8-11-15-19-23-28-32-41(2)3/h10,12,17,20-21,24,29,34,41-44,47-49H,4-9,11,13-16,18-19,22-23,25-28,30-33,35-40H2,1-3H3,(H,52,53)/b12-10-,21-17-,24-20-,34-29+/t42-,43+,44-/m1/s1. The fourth-order valence-electron chi connectivity index (χ4n) is 5.99. The first-order valence-corrected chi connectivity index (χ1v) is 24.1. The summed E-state index contributed by atoms with van der Waals surface area (Å²) >= 11 is 0. The van der Waals surface area contributed by atoms with E-state index in [4.69, 9.17) is 19.1 Å². The number of phosphoric ester groups is 1. The van der Waals surface area contributed by atoms with Crippen LogP contribution in [0.2, 0.25) is 0 Å². The Labute approximate surface area is 352 Å². The van der Waals surface area contributed by atoms with Crippen molar-refractivity contribution in [2.24, 2.45) is 5.92 Å². The zero-order chi connectivity index (χ0) is 43.0. The minimum Gasteiger partial charge on any atom is -0.462 e. The largest absolute Gasteiger partial charge is 0.472 e. The van der Waals surface area contributed by atoms with E-state index in [1.807, 2.05) is 36.5 Å². The van der Waals surface area contributed by atoms with Crippen LogP contribution in [-0.2, 0) is 32.7 Å². The van der Waals surface area contributed by atoms with E-state index >= 15 is 0 Å². The molecule has 0 fully saturated rings. The second-order valence-corrected chi connectivity index (χ2v) is 17.2. The monoisotopic (exact) mass is 843 g/mol. The fraction of sp³-hybridized carbons (Fsp3) is 0.783. The summed E-state index contributed by atoms with van der Waals surface area (Å²) in [5.41, 5.74) is 0. The van der Waals surface area contributed by atoms with Gasteiger partial charge in [-0.15, -0.1) is 0 Å². The van der Waals surface area contributed by atoms with E-state index in [0.29, 0.717) is 19.3 Å². The molecular formula is C46H83O11P. The van der Waals surface area contributed by atoms with Crippen LogP contribution in [0.1, 0.15) is 181 Å². The molecule has 0 aliphatic rings. The molecule has 0 aliphatic carbocycles. The van der Waals surface area contributed by atoms with Crippen LogP contribution in [0, 0.1) is 5.92 Å². The predicted molar refractivity (Wildman–Crippen MR) is 234 cm³/mol. The molecule has 0 rings (SSSR count). The summed E-state index contributed by atoms with van der Waals surface area (Å²) in [4.78, 5) is 35.0. The molecule has 4 N–H and O–H groups in total. The number of hydrogen-bond donors (Lipinski definition) is 4. The van der Waals surface area contributed by atoms with Crippen molar-refractivity contribution in [3.63, 3.8) is 0 Å². The zero-order valence-electron chi connectivity index (χ0n) is 36.5. The molecule has 0 bridgehead atoms. The van der Waals surface area contributed by atoms with Gasteiger partial charge < -0.3 is 29.7 Å². The highest BCUT2D eigenvalue weighted by atomic mass is 31.2. The summed E-state index contributed by atoms with van der Waals surface area (Å²) in [6, 6.07) is 0. The Morgan fingerprint density at radius 3 is 1.76 bits per heavy atom. The lowest BCUT2D eigenvalue weighted by molar-refractivity contribution is -0.161. The Bertz CT molecular complexity index is 1140. The third-order valence-electron chi connectivity index (χ3n) is 9.52. The lowest BCUT2D eigenvalue weighted by Crippen LogP contribution is -2.29. The average molecular weight is 843 g/mol. The van der Waals surface area contributed by atoms with Crippen LogP contribution < -0.4 is 0 Å². The van der Waals surface area contributed by atoms with E-state index in [2.05, 4.69) is 37.4 Å². The van der Waals surface area contributed by atoms with Gasteiger partial charge in [-0.2, -0.15) is 0 Å². The van der Waals surface area contributed by atoms with Crippen molar-refractivity contribution >= 4 is 19.8 Å². The molecule has 0 amide bonds. The van der Waals surface area contributed by atoms with Gasteiger partial charge in [-0.05, 0) is 44.4 Å². The number of ether oxygens (including phenoxy) is 2. The Hall–Kier alpha value is -2.11. The van der Waals surface area contributed by atoms with E-state index in [9.17, 15) is 29.3 Å². The molecule has 11 nitrogen and oxygen atoms in total. The van der Waals surface area contributed by atoms with Crippen LogP contribution in [-0.4, -0.2) is 76.9 Å². The molecule has 58 heavy (non-hydrogen) atoms. The summed E-state index contributed by atoms with van der Waals surface area (Å²) in [5, 5.41) is 28.2. The first kappa shape index (κ1) is 55.9. The molecule has 0 aromatic rings. The third kappa shape index (κ3) is 40.7. The number of esters is 2. The highest BCUT2D eigenvalue weighted by molar-refractivity contribution is 7.47. The molecule has 0 spiro atoms. The van der Waals surface area contributed by atoms with Crippen molar-refractivity contribution in [1.29, 1.82) is 0 Å². The van der Waals surface area contributed by atoms with Crippen molar-refractivity contribution < 1.29 is 52.9 Å². The smallest absolute Gasteiger partial charge is 0.462 e. The summed E-state index contributed by atoms with van der Waals surface area (Å²) in [6.07, 6.45) is 38.4. The second-order valence-electron chi connectivity index (χ2n) is 15.8. The summed E-state index contributed by atoms with van der Waals surface area (Å²) in [7, 11) is -4.64. The fourth-order valence-corrected chi connectivity index (χ4v) is 6.78. The van der Waals surface area contributed by atoms with Crippen LogP contribution in [0.25, 0.3) is 0 Å². The minimum atomic E-state index is -4.64. The van der Waals surface area contributed by atoms with E-state index in [1.54, 1.807) is 0 Å². The van der Waals surface area contributed by atoms with Crippen LogP contribution in [0.5, 0.6) is 0 Å². The highest BCUT2D eigenvalue weighted by Crippen LogP contribution is 2.43. The molecule has 0 radical (unpaired) electrons. The SMILES string of the molecule is CCCCC[C@@H](O)/C=C/C=C\C/C=C\C/C=C\CCCC(=O)OC[C@H](COP(=O)(O)OC[C@@H](O)CO)OC(=O)CCCCCCCCCCCCCCCCC(C)C. The molecule has 4 atom stereocenters. The normalized spacial score (nSPS) is 14.9.